The maximum atomic E-state index is 13.0. The number of rotatable bonds is 6. The molecule has 0 bridgehead atoms. The third kappa shape index (κ3) is 5.27. The molecule has 3 rings (SSSR count). The fourth-order valence-corrected chi connectivity index (χ4v) is 4.08. The van der Waals surface area contributed by atoms with Crippen LogP contribution in [0.4, 0.5) is 18.0 Å². The van der Waals surface area contributed by atoms with Crippen LogP contribution in [0, 0.1) is 0 Å². The molecule has 10 heteroatoms. The van der Waals surface area contributed by atoms with E-state index in [0.717, 1.165) is 23.3 Å². The highest BCUT2D eigenvalue weighted by Crippen LogP contribution is 2.31. The molecular weight excluding hydrogens is 445 g/mol. The van der Waals surface area contributed by atoms with Gasteiger partial charge in [0, 0.05) is 0 Å². The van der Waals surface area contributed by atoms with Crippen LogP contribution in [0.25, 0.3) is 0 Å². The number of urea groups is 1. The second-order valence-corrected chi connectivity index (χ2v) is 8.35. The van der Waals surface area contributed by atoms with Gasteiger partial charge < -0.3 is 0 Å². The zero-order valence-corrected chi connectivity index (χ0v) is 17.6. The van der Waals surface area contributed by atoms with E-state index < -0.39 is 38.7 Å². The van der Waals surface area contributed by atoms with Crippen molar-refractivity contribution < 1.29 is 31.2 Å². The topological polar surface area (TPSA) is 75.7 Å². The van der Waals surface area contributed by atoms with Gasteiger partial charge in [0.05, 0.1) is 17.6 Å². The normalized spacial score (nSPS) is 11.9. The van der Waals surface area contributed by atoms with E-state index in [2.05, 4.69) is 0 Å². The molecule has 3 aromatic rings. The molecule has 2 amide bonds. The number of hydroxylamine groups is 2. The van der Waals surface area contributed by atoms with Crippen LogP contribution in [0.15, 0.2) is 89.8 Å². The monoisotopic (exact) mass is 464 g/mol. The minimum Gasteiger partial charge on any atom is -0.272 e. The zero-order chi connectivity index (χ0) is 23.4. The van der Waals surface area contributed by atoms with Gasteiger partial charge in [0.2, 0.25) is 0 Å². The Kier molecular flexibility index (Phi) is 6.85. The average Bonchev–Trinajstić information content (AvgIpc) is 2.77. The molecule has 0 aliphatic carbocycles. The van der Waals surface area contributed by atoms with Gasteiger partial charge in [-0.25, -0.2) is 17.9 Å². The summed E-state index contributed by atoms with van der Waals surface area (Å²) < 4.78 is 66.0. The second kappa shape index (κ2) is 9.41. The van der Waals surface area contributed by atoms with Crippen LogP contribution in [0.1, 0.15) is 22.7 Å². The molecule has 32 heavy (non-hydrogen) atoms. The lowest BCUT2D eigenvalue weighted by atomic mass is 9.98. The molecule has 1 N–H and O–H groups in total. The number of halogens is 3. The highest BCUT2D eigenvalue weighted by molar-refractivity contribution is 7.90. The van der Waals surface area contributed by atoms with Gasteiger partial charge in [0.15, 0.2) is 0 Å². The van der Waals surface area contributed by atoms with Crippen LogP contribution in [-0.4, -0.2) is 26.6 Å². The number of carbonyl (C=O) groups is 1. The largest absolute Gasteiger partial charge is 0.416 e. The summed E-state index contributed by atoms with van der Waals surface area (Å²) in [5, 5.41) is 0.815. The molecule has 168 valence electrons. The van der Waals surface area contributed by atoms with Crippen LogP contribution in [-0.2, 0) is 21.0 Å². The summed E-state index contributed by atoms with van der Waals surface area (Å²) in [6, 6.07) is 18.6. The van der Waals surface area contributed by atoms with Gasteiger partial charge in [0.1, 0.15) is 6.04 Å². The first kappa shape index (κ1) is 23.3. The van der Waals surface area contributed by atoms with Crippen LogP contribution in [0.3, 0.4) is 0 Å². The number of amides is 2. The lowest BCUT2D eigenvalue weighted by Crippen LogP contribution is -2.44. The molecule has 0 aliphatic heterocycles. The molecule has 0 saturated carbocycles. The number of hydrogen-bond donors (Lipinski definition) is 1. The summed E-state index contributed by atoms with van der Waals surface area (Å²) in [4.78, 5) is 17.4. The number of carbonyl (C=O) groups excluding carboxylic acids is 1. The Morgan fingerprint density at radius 3 is 1.91 bits per heavy atom. The van der Waals surface area contributed by atoms with E-state index in [1.807, 2.05) is 0 Å². The number of alkyl halides is 3. The van der Waals surface area contributed by atoms with Gasteiger partial charge in [-0.2, -0.15) is 18.2 Å². The summed E-state index contributed by atoms with van der Waals surface area (Å²) in [5.74, 6) is 0. The van der Waals surface area contributed by atoms with E-state index in [0.29, 0.717) is 17.2 Å². The first-order valence-corrected chi connectivity index (χ1v) is 10.8. The number of benzene rings is 3. The number of sulfonamides is 1. The standard InChI is InChI=1S/C22H19F3N2O4S/c1-31-27(20(16-9-4-2-5-10-16)17-11-6-3-7-12-17)21(28)26-32(29,30)19-14-8-13-18(15-19)22(23,24)25/h2-15,20H,1H3,(H,26,28). The molecule has 6 nitrogen and oxygen atoms in total. The molecule has 0 atom stereocenters. The minimum atomic E-state index is -4.74. The summed E-state index contributed by atoms with van der Waals surface area (Å²) in [5.41, 5.74) is 0.113. The Morgan fingerprint density at radius 2 is 1.44 bits per heavy atom. The highest BCUT2D eigenvalue weighted by atomic mass is 32.2. The third-order valence-corrected chi connectivity index (χ3v) is 5.87. The zero-order valence-electron chi connectivity index (χ0n) is 16.8. The Morgan fingerprint density at radius 1 is 0.906 bits per heavy atom. The summed E-state index contributed by atoms with van der Waals surface area (Å²) >= 11 is 0. The molecule has 0 spiro atoms. The van der Waals surface area contributed by atoms with Gasteiger partial charge in [-0.3, -0.25) is 4.84 Å². The van der Waals surface area contributed by atoms with Crippen molar-refractivity contribution in [1.82, 2.24) is 9.79 Å². The van der Waals surface area contributed by atoms with Gasteiger partial charge in [0.25, 0.3) is 10.0 Å². The van der Waals surface area contributed by atoms with Crippen LogP contribution < -0.4 is 4.72 Å². The predicted molar refractivity (Wildman–Crippen MR) is 111 cm³/mol. The number of hydrogen-bond acceptors (Lipinski definition) is 4. The maximum absolute atomic E-state index is 13.0. The fourth-order valence-electron chi connectivity index (χ4n) is 3.10. The Labute approximate surface area is 183 Å². The van der Waals surface area contributed by atoms with E-state index in [1.54, 1.807) is 65.4 Å². The lowest BCUT2D eigenvalue weighted by Gasteiger charge is -2.30. The molecule has 0 heterocycles. The highest BCUT2D eigenvalue weighted by Gasteiger charge is 2.33. The molecule has 0 fully saturated rings. The summed E-state index contributed by atoms with van der Waals surface area (Å²) in [7, 11) is -3.43. The average molecular weight is 464 g/mol. The SMILES string of the molecule is CON(C(=O)NS(=O)(=O)c1cccc(C(F)(F)F)c1)C(c1ccccc1)c1ccccc1. The quantitative estimate of drug-likeness (QED) is 0.534. The van der Waals surface area contributed by atoms with Crippen molar-refractivity contribution in [2.75, 3.05) is 7.11 Å². The van der Waals surface area contributed by atoms with Gasteiger partial charge in [-0.15, -0.1) is 0 Å². The van der Waals surface area contributed by atoms with Crippen LogP contribution >= 0.6 is 0 Å². The van der Waals surface area contributed by atoms with Gasteiger partial charge >= 0.3 is 12.2 Å². The van der Waals surface area contributed by atoms with Crippen molar-refractivity contribution in [1.29, 1.82) is 0 Å². The summed E-state index contributed by atoms with van der Waals surface area (Å²) in [6.45, 7) is 0. The molecule has 0 aromatic heterocycles. The fraction of sp³-hybridized carbons (Fsp3) is 0.136. The Balaban J connectivity index is 1.95. The van der Waals surface area contributed by atoms with Gasteiger partial charge in [-0.05, 0) is 29.3 Å². The molecule has 0 saturated heterocycles. The number of nitrogens with zero attached hydrogens (tertiary/aromatic N) is 1. The van der Waals surface area contributed by atoms with Crippen LogP contribution in [0.5, 0.6) is 0 Å². The Hall–Kier alpha value is -3.37. The van der Waals surface area contributed by atoms with Crippen LogP contribution in [0.2, 0.25) is 0 Å². The third-order valence-electron chi connectivity index (χ3n) is 4.56. The summed E-state index contributed by atoms with van der Waals surface area (Å²) in [6.07, 6.45) is -4.74. The van der Waals surface area contributed by atoms with Crippen molar-refractivity contribution >= 4 is 16.1 Å². The van der Waals surface area contributed by atoms with E-state index in [9.17, 15) is 26.4 Å². The van der Waals surface area contributed by atoms with Crippen molar-refractivity contribution in [3.63, 3.8) is 0 Å². The molecule has 3 aromatic carbocycles. The van der Waals surface area contributed by atoms with Crippen molar-refractivity contribution in [2.24, 2.45) is 0 Å². The molecule has 0 radical (unpaired) electrons. The van der Waals surface area contributed by atoms with Crippen molar-refractivity contribution in [2.45, 2.75) is 17.1 Å². The van der Waals surface area contributed by atoms with E-state index in [1.165, 1.54) is 7.11 Å². The first-order chi connectivity index (χ1) is 15.1. The van der Waals surface area contributed by atoms with Crippen molar-refractivity contribution in [3.8, 4) is 0 Å². The minimum absolute atomic E-state index is 0.457. The first-order valence-electron chi connectivity index (χ1n) is 9.31. The molecular formula is C22H19F3N2O4S. The molecule has 0 unspecified atom stereocenters. The predicted octanol–water partition coefficient (Wildman–Crippen LogP) is 4.76. The Bertz CT molecular complexity index is 1130. The maximum Gasteiger partial charge on any atom is 0.416 e. The second-order valence-electron chi connectivity index (χ2n) is 6.67. The van der Waals surface area contributed by atoms with E-state index in [-0.39, 0.29) is 0 Å². The lowest BCUT2D eigenvalue weighted by molar-refractivity contribution is -0.137. The van der Waals surface area contributed by atoms with Crippen molar-refractivity contribution in [3.05, 3.63) is 102 Å². The van der Waals surface area contributed by atoms with E-state index >= 15 is 0 Å². The molecule has 0 aliphatic rings. The smallest absolute Gasteiger partial charge is 0.272 e. The number of nitrogens with one attached hydrogen (secondary N) is 1. The van der Waals surface area contributed by atoms with E-state index in [4.69, 9.17) is 4.84 Å². The van der Waals surface area contributed by atoms with Gasteiger partial charge in [-0.1, -0.05) is 66.7 Å².